The Morgan fingerprint density at radius 1 is 0.750 bits per heavy atom. The summed E-state index contributed by atoms with van der Waals surface area (Å²) in [5.74, 6) is -2.81. The molecule has 4 rings (SSSR count). The number of ether oxygens (including phenoxy) is 7. The molecule has 0 aliphatic carbocycles. The number of amides is 1. The maximum atomic E-state index is 13.3. The van der Waals surface area contributed by atoms with Crippen molar-refractivity contribution in [3.05, 3.63) is 65.4 Å². The first kappa shape index (κ1) is 43.4. The summed E-state index contributed by atoms with van der Waals surface area (Å²) in [5, 5.41) is 3.70. The van der Waals surface area contributed by atoms with E-state index in [0.717, 1.165) is 10.9 Å². The Balaban J connectivity index is 1.41. The molecule has 1 aromatic heterocycles. The number of rotatable bonds is 20. The number of ketones is 1. The van der Waals surface area contributed by atoms with Gasteiger partial charge in [-0.25, -0.2) is 0 Å². The van der Waals surface area contributed by atoms with Crippen molar-refractivity contribution in [1.29, 1.82) is 0 Å². The molecule has 56 heavy (non-hydrogen) atoms. The van der Waals surface area contributed by atoms with Crippen LogP contribution >= 0.6 is 0 Å². The minimum absolute atomic E-state index is 0.0395. The number of carbonyl (C=O) groups excluding carboxylic acids is 6. The Morgan fingerprint density at radius 2 is 1.36 bits per heavy atom. The Kier molecular flexibility index (Phi) is 16.4. The Morgan fingerprint density at radius 3 is 1.98 bits per heavy atom. The van der Waals surface area contributed by atoms with E-state index in [1.807, 2.05) is 43.3 Å². The summed E-state index contributed by atoms with van der Waals surface area (Å²) >= 11 is 0. The van der Waals surface area contributed by atoms with Crippen LogP contribution in [0.2, 0.25) is 0 Å². The maximum Gasteiger partial charge on any atom is 0.306 e. The third kappa shape index (κ3) is 11.8. The fraction of sp³-hybridized carbons (Fsp3) is 0.500. The van der Waals surface area contributed by atoms with Crippen LogP contribution in [0.25, 0.3) is 11.0 Å². The Bertz CT molecular complexity index is 1820. The zero-order valence-corrected chi connectivity index (χ0v) is 32.5. The van der Waals surface area contributed by atoms with Gasteiger partial charge in [-0.2, -0.15) is 0 Å². The molecule has 0 saturated carbocycles. The monoisotopic (exact) mass is 782 g/mol. The predicted octanol–water partition coefficient (Wildman–Crippen LogP) is 4.15. The van der Waals surface area contributed by atoms with Gasteiger partial charge in [0.15, 0.2) is 36.1 Å². The van der Waals surface area contributed by atoms with Crippen molar-refractivity contribution in [2.24, 2.45) is 0 Å². The number of nitrogens with one attached hydrogen (secondary N) is 1. The molecule has 1 aliphatic heterocycles. The molecular formula is C40H50N2O14. The first-order valence-corrected chi connectivity index (χ1v) is 18.6. The molecule has 304 valence electrons. The summed E-state index contributed by atoms with van der Waals surface area (Å²) < 4.78 is 45.6. The summed E-state index contributed by atoms with van der Waals surface area (Å²) in [4.78, 5) is 77.9. The molecule has 1 N–H and O–H groups in total. The third-order valence-corrected chi connectivity index (χ3v) is 8.55. The van der Waals surface area contributed by atoms with Crippen LogP contribution in [-0.4, -0.2) is 112 Å². The lowest BCUT2D eigenvalue weighted by molar-refractivity contribution is -0.306. The highest BCUT2D eigenvalue weighted by Crippen LogP contribution is 2.31. The average Bonchev–Trinajstić information content (AvgIpc) is 3.56. The first-order chi connectivity index (χ1) is 26.9. The fourth-order valence-corrected chi connectivity index (χ4v) is 5.68. The minimum atomic E-state index is -1.50. The van der Waals surface area contributed by atoms with Crippen molar-refractivity contribution in [3.8, 4) is 5.75 Å². The average molecular weight is 783 g/mol. The second-order valence-corrected chi connectivity index (χ2v) is 13.0. The molecule has 1 saturated heterocycles. The van der Waals surface area contributed by atoms with E-state index >= 15 is 0 Å². The number of hydrogen-bond acceptors (Lipinski definition) is 15. The van der Waals surface area contributed by atoms with Crippen LogP contribution < -0.4 is 10.1 Å². The van der Waals surface area contributed by atoms with Crippen LogP contribution in [0.3, 0.4) is 0 Å². The van der Waals surface area contributed by atoms with Crippen LogP contribution in [0.5, 0.6) is 5.75 Å². The van der Waals surface area contributed by atoms with E-state index in [4.69, 9.17) is 37.6 Å². The SMILES string of the molecule is CCC(=O)OC[C@H]1O[C@@H](OCC(=O)c2ccc(OCCNC(=O)c3oc4ccccc4c3CN(C)C)cc2)[C@H](OC(=O)CC)[C@@H](OC(=O)CC)[C@H]1OC(=O)CC. The third-order valence-electron chi connectivity index (χ3n) is 8.55. The van der Waals surface area contributed by atoms with Gasteiger partial charge in [-0.05, 0) is 44.4 Å². The molecule has 1 aliphatic rings. The van der Waals surface area contributed by atoms with E-state index in [9.17, 15) is 28.8 Å². The fourth-order valence-electron chi connectivity index (χ4n) is 5.68. The topological polar surface area (TPSA) is 195 Å². The molecule has 1 amide bonds. The molecule has 16 heteroatoms. The summed E-state index contributed by atoms with van der Waals surface area (Å²) in [6.45, 7) is 6.11. The Hall–Kier alpha value is -5.32. The number of hydrogen-bond donors (Lipinski definition) is 1. The Labute approximate surface area is 325 Å². The standard InChI is InChI=1S/C40H50N2O14/c1-7-31(44)50-23-30-36(54-32(45)8-2)37(55-33(46)9-3)38(56-34(47)10-4)40(53-30)51-22-28(43)24-15-17-25(18-16-24)49-20-19-41-39(48)35-27(21-42(5)6)26-13-11-12-14-29(26)52-35/h11-18,30,36-38,40H,7-10,19-23H2,1-6H3,(H,41,48)/t30-,36+,37+,38-,40-/m1/s1. The molecule has 2 aromatic carbocycles. The smallest absolute Gasteiger partial charge is 0.306 e. The minimum Gasteiger partial charge on any atom is -0.492 e. The second-order valence-electron chi connectivity index (χ2n) is 13.0. The lowest BCUT2D eigenvalue weighted by Gasteiger charge is -2.44. The molecule has 0 bridgehead atoms. The van der Waals surface area contributed by atoms with Gasteiger partial charge in [0.25, 0.3) is 5.91 Å². The van der Waals surface area contributed by atoms with E-state index < -0.39 is 73.6 Å². The number of nitrogens with zero attached hydrogens (tertiary/aromatic N) is 1. The highest BCUT2D eigenvalue weighted by Gasteiger charge is 2.53. The molecule has 2 heterocycles. The molecule has 3 aromatic rings. The summed E-state index contributed by atoms with van der Waals surface area (Å²) in [6.07, 6.45) is -7.06. The van der Waals surface area contributed by atoms with Crippen molar-refractivity contribution in [2.75, 3.05) is 40.5 Å². The van der Waals surface area contributed by atoms with Crippen molar-refractivity contribution in [1.82, 2.24) is 10.2 Å². The lowest BCUT2D eigenvalue weighted by Crippen LogP contribution is -2.63. The molecule has 0 unspecified atom stereocenters. The lowest BCUT2D eigenvalue weighted by atomic mass is 9.98. The molecule has 5 atom stereocenters. The van der Waals surface area contributed by atoms with Gasteiger partial charge < -0.3 is 47.8 Å². The number of furan rings is 1. The van der Waals surface area contributed by atoms with Crippen molar-refractivity contribution < 1.29 is 66.3 Å². The number of esters is 4. The summed E-state index contributed by atoms with van der Waals surface area (Å²) in [5.41, 5.74) is 1.67. The van der Waals surface area contributed by atoms with Crippen LogP contribution in [0, 0.1) is 0 Å². The number of fused-ring (bicyclic) bond motifs is 1. The summed E-state index contributed by atoms with van der Waals surface area (Å²) in [7, 11) is 3.82. The molecule has 0 radical (unpaired) electrons. The van der Waals surface area contributed by atoms with Crippen molar-refractivity contribution in [3.63, 3.8) is 0 Å². The van der Waals surface area contributed by atoms with Gasteiger partial charge in [0.05, 0.1) is 6.54 Å². The molecule has 0 spiro atoms. The van der Waals surface area contributed by atoms with Crippen LogP contribution in [0.1, 0.15) is 79.9 Å². The molecule has 16 nitrogen and oxygen atoms in total. The normalized spacial score (nSPS) is 19.2. The molecular weight excluding hydrogens is 732 g/mol. The zero-order valence-electron chi connectivity index (χ0n) is 32.5. The van der Waals surface area contributed by atoms with E-state index in [1.165, 1.54) is 12.1 Å². The largest absolute Gasteiger partial charge is 0.492 e. The van der Waals surface area contributed by atoms with Crippen LogP contribution in [0.15, 0.2) is 52.9 Å². The van der Waals surface area contributed by atoms with E-state index in [1.54, 1.807) is 39.8 Å². The zero-order chi connectivity index (χ0) is 40.8. The van der Waals surface area contributed by atoms with Gasteiger partial charge in [-0.3, -0.25) is 28.8 Å². The van der Waals surface area contributed by atoms with Crippen molar-refractivity contribution in [2.45, 2.75) is 90.6 Å². The van der Waals surface area contributed by atoms with Crippen LogP contribution in [-0.2, 0) is 54.1 Å². The first-order valence-electron chi connectivity index (χ1n) is 18.6. The maximum absolute atomic E-state index is 13.3. The highest BCUT2D eigenvalue weighted by molar-refractivity contribution is 5.99. The second kappa shape index (κ2) is 21.1. The number of carbonyl (C=O) groups is 6. The quantitative estimate of drug-likeness (QED) is 0.0743. The van der Waals surface area contributed by atoms with Crippen LogP contribution in [0.4, 0.5) is 0 Å². The van der Waals surface area contributed by atoms with Gasteiger partial charge in [0.2, 0.25) is 0 Å². The van der Waals surface area contributed by atoms with E-state index in [2.05, 4.69) is 5.32 Å². The van der Waals surface area contributed by atoms with Crippen molar-refractivity contribution >= 4 is 46.5 Å². The van der Waals surface area contributed by atoms with Gasteiger partial charge in [0.1, 0.15) is 37.3 Å². The van der Waals surface area contributed by atoms with Gasteiger partial charge in [0, 0.05) is 48.7 Å². The van der Waals surface area contributed by atoms with E-state index in [0.29, 0.717) is 17.9 Å². The summed E-state index contributed by atoms with van der Waals surface area (Å²) in [6, 6.07) is 13.7. The predicted molar refractivity (Wildman–Crippen MR) is 199 cm³/mol. The van der Waals surface area contributed by atoms with Gasteiger partial charge >= 0.3 is 23.9 Å². The number of benzene rings is 2. The number of Topliss-reactive ketones (excluding diaryl/α,β-unsaturated/α-hetero) is 1. The van der Waals surface area contributed by atoms with Gasteiger partial charge in [-0.15, -0.1) is 0 Å². The highest BCUT2D eigenvalue weighted by atomic mass is 16.7. The van der Waals surface area contributed by atoms with Gasteiger partial charge in [-0.1, -0.05) is 45.9 Å². The number of para-hydroxylation sites is 1. The molecule has 1 fully saturated rings. The van der Waals surface area contributed by atoms with E-state index in [-0.39, 0.29) is 56.1 Å².